The van der Waals surface area contributed by atoms with Crippen LogP contribution in [0.3, 0.4) is 0 Å². The number of nitrogens with zero attached hydrogens (tertiary/aromatic N) is 4. The van der Waals surface area contributed by atoms with Crippen LogP contribution >= 0.6 is 46.4 Å². The number of carboxylic acid groups (broad SMARTS) is 1. The van der Waals surface area contributed by atoms with Crippen LogP contribution in [-0.4, -0.2) is 62.5 Å². The Morgan fingerprint density at radius 1 is 0.651 bits per heavy atom. The highest BCUT2D eigenvalue weighted by Gasteiger charge is 2.36. The first kappa shape index (κ1) is 47.7. The largest absolute Gasteiger partial charge is 0.478 e. The van der Waals surface area contributed by atoms with Crippen LogP contribution in [0.1, 0.15) is 133 Å². The first-order valence-corrected chi connectivity index (χ1v) is 24.2. The topological polar surface area (TPSA) is 188 Å². The van der Waals surface area contributed by atoms with Crippen LogP contribution in [0.15, 0.2) is 66.2 Å². The van der Waals surface area contributed by atoms with Gasteiger partial charge in [-0.1, -0.05) is 64.2 Å². The Morgan fingerprint density at radius 2 is 1.10 bits per heavy atom. The number of halogens is 1. The standard InChI is InChI=1S/C17H21N3O2S.C10H9NO3S.C10H18.C9H7NO3S.ClH/c18-17-19-9-14(22-17)15-8-12(10-23-15)16(21)20-7-3-5-11-4-1-2-6-13(11)20;1-6-11-4-8(14-6)9-3-7(5-15-9)10(12)13-2;1-2-6-10-8-4-3-7-9(10)5-1;1-5-10-3-7(13-5)8-2-6(4-14-8)9(11)12;/h8-11,13H,1-7H2,(H2,18,19);3-5H,1-2H3;9-10H,1-8H2;2-4H,1H3,(H,11,12);1H. The van der Waals surface area contributed by atoms with Gasteiger partial charge in [0.1, 0.15) is 0 Å². The molecule has 17 heteroatoms. The second kappa shape index (κ2) is 22.7. The zero-order chi connectivity index (χ0) is 43.6. The van der Waals surface area contributed by atoms with Crippen LogP contribution in [0, 0.1) is 31.6 Å². The number of thiophene rings is 3. The SMILES string of the molecule is C1CCC2CCCCC2C1.COC(=O)c1csc(-c2cnc(C)o2)c1.Cc1ncc(-c2cc(C(=O)O)cs2)o1.Cl.Nc1ncc(-c2cc(C(=O)N3CCCC4CCCCC43)cs2)o1. The monoisotopic (exact) mass is 937 g/mol. The van der Waals surface area contributed by atoms with Gasteiger partial charge in [0, 0.05) is 42.6 Å². The van der Waals surface area contributed by atoms with Crippen molar-refractivity contribution in [2.75, 3.05) is 19.4 Å². The molecule has 4 aliphatic rings. The number of carboxylic acids is 1. The van der Waals surface area contributed by atoms with E-state index in [0.717, 1.165) is 51.4 Å². The summed E-state index contributed by atoms with van der Waals surface area (Å²) in [6.07, 6.45) is 24.6. The number of ether oxygens (including phenoxy) is 1. The maximum absolute atomic E-state index is 13.0. The van der Waals surface area contributed by atoms with Crippen molar-refractivity contribution in [1.29, 1.82) is 0 Å². The number of anilines is 1. The number of rotatable bonds is 6. The van der Waals surface area contributed by atoms with E-state index in [9.17, 15) is 14.4 Å². The quantitative estimate of drug-likeness (QED) is 0.151. The van der Waals surface area contributed by atoms with Gasteiger partial charge in [-0.15, -0.1) is 46.4 Å². The molecule has 0 bridgehead atoms. The van der Waals surface area contributed by atoms with Crippen molar-refractivity contribution in [1.82, 2.24) is 19.9 Å². The number of nitrogen functional groups attached to an aromatic ring is 1. The molecule has 1 saturated heterocycles. The summed E-state index contributed by atoms with van der Waals surface area (Å²) in [5, 5.41) is 13.9. The van der Waals surface area contributed by atoms with Gasteiger partial charge >= 0.3 is 11.9 Å². The van der Waals surface area contributed by atoms with Gasteiger partial charge in [-0.05, 0) is 61.6 Å². The second-order valence-electron chi connectivity index (χ2n) is 16.3. The molecule has 2 unspecified atom stereocenters. The maximum atomic E-state index is 13.0. The van der Waals surface area contributed by atoms with Crippen LogP contribution in [0.5, 0.6) is 0 Å². The summed E-state index contributed by atoms with van der Waals surface area (Å²) in [7, 11) is 1.36. The molecule has 4 fully saturated rings. The van der Waals surface area contributed by atoms with Gasteiger partial charge in [0.25, 0.3) is 11.9 Å². The molecule has 6 aromatic rings. The van der Waals surface area contributed by atoms with Crippen molar-refractivity contribution in [2.45, 2.75) is 110 Å². The van der Waals surface area contributed by atoms with E-state index in [1.807, 2.05) is 11.4 Å². The zero-order valence-electron chi connectivity index (χ0n) is 35.9. The van der Waals surface area contributed by atoms with Gasteiger partial charge in [-0.2, -0.15) is 0 Å². The molecule has 2 atom stereocenters. The minimum atomic E-state index is -0.927. The molecule has 7 heterocycles. The van der Waals surface area contributed by atoms with E-state index in [1.54, 1.807) is 81.0 Å². The predicted molar refractivity (Wildman–Crippen MR) is 249 cm³/mol. The van der Waals surface area contributed by atoms with E-state index in [-0.39, 0.29) is 35.9 Å². The van der Waals surface area contributed by atoms with E-state index < -0.39 is 5.97 Å². The average molecular weight is 939 g/mol. The van der Waals surface area contributed by atoms with Crippen molar-refractivity contribution >= 4 is 70.3 Å². The van der Waals surface area contributed by atoms with Gasteiger partial charge in [-0.25, -0.2) is 24.5 Å². The van der Waals surface area contributed by atoms with Crippen molar-refractivity contribution in [3.63, 3.8) is 0 Å². The number of carbonyl (C=O) groups is 3. The Labute approximate surface area is 385 Å². The number of likely N-dealkylation sites (tertiary alicyclic amines) is 1. The van der Waals surface area contributed by atoms with Crippen molar-refractivity contribution < 1.29 is 37.5 Å². The number of nitrogens with two attached hydrogens (primary N) is 1. The molecule has 10 rings (SSSR count). The third-order valence-corrected chi connectivity index (χ3v) is 15.0. The van der Waals surface area contributed by atoms with Crippen LogP contribution in [0.4, 0.5) is 6.01 Å². The number of carbonyl (C=O) groups excluding carboxylic acids is 2. The fourth-order valence-corrected chi connectivity index (χ4v) is 11.6. The summed E-state index contributed by atoms with van der Waals surface area (Å²) >= 11 is 4.26. The van der Waals surface area contributed by atoms with Crippen LogP contribution in [0.25, 0.3) is 31.9 Å². The minimum absolute atomic E-state index is 0. The van der Waals surface area contributed by atoms with Crippen LogP contribution in [-0.2, 0) is 4.74 Å². The lowest BCUT2D eigenvalue weighted by molar-refractivity contribution is 0.0391. The van der Waals surface area contributed by atoms with Crippen molar-refractivity contribution in [3.8, 4) is 31.9 Å². The fraction of sp³-hybridized carbons (Fsp3) is 0.478. The third-order valence-electron chi connectivity index (χ3n) is 12.2. The molecule has 13 nitrogen and oxygen atoms in total. The molecule has 3 N–H and O–H groups in total. The Kier molecular flexibility index (Phi) is 17.2. The van der Waals surface area contributed by atoms with Crippen molar-refractivity contribution in [3.05, 3.63) is 81.4 Å². The van der Waals surface area contributed by atoms with E-state index in [1.165, 1.54) is 92.5 Å². The van der Waals surface area contributed by atoms with Gasteiger partial charge in [0.2, 0.25) is 0 Å². The number of piperidine rings is 1. The van der Waals surface area contributed by atoms with Gasteiger partial charge < -0.3 is 33.7 Å². The highest BCUT2D eigenvalue weighted by Crippen LogP contribution is 2.40. The average Bonchev–Trinajstić information content (AvgIpc) is 4.16. The van der Waals surface area contributed by atoms with E-state index in [2.05, 4.69) is 24.6 Å². The summed E-state index contributed by atoms with van der Waals surface area (Å²) in [4.78, 5) is 51.3. The summed E-state index contributed by atoms with van der Waals surface area (Å²) < 4.78 is 20.6. The maximum Gasteiger partial charge on any atom is 0.338 e. The molecule has 1 amide bonds. The minimum Gasteiger partial charge on any atom is -0.478 e. The number of aromatic carboxylic acids is 1. The van der Waals surface area contributed by atoms with E-state index in [4.69, 9.17) is 24.1 Å². The van der Waals surface area contributed by atoms with Gasteiger partial charge in [0.05, 0.1) is 57.0 Å². The first-order valence-electron chi connectivity index (χ1n) is 21.5. The Bertz CT molecular complexity index is 2370. The molecule has 6 aromatic heterocycles. The number of esters is 1. The Morgan fingerprint density at radius 3 is 1.57 bits per heavy atom. The van der Waals surface area contributed by atoms with Crippen molar-refractivity contribution in [2.24, 2.45) is 17.8 Å². The molecule has 0 radical (unpaired) electrons. The van der Waals surface area contributed by atoms with Gasteiger partial charge in [0.15, 0.2) is 29.1 Å². The number of aryl methyl sites for hydroxylation is 2. The summed E-state index contributed by atoms with van der Waals surface area (Å²) in [5.74, 6) is 5.00. The fourth-order valence-electron chi connectivity index (χ4n) is 9.10. The van der Waals surface area contributed by atoms with E-state index in [0.29, 0.717) is 46.6 Å². The van der Waals surface area contributed by atoms with Crippen LogP contribution < -0.4 is 5.73 Å². The number of methoxy groups -OCH3 is 1. The molecular weight excluding hydrogens is 882 g/mol. The van der Waals surface area contributed by atoms with Gasteiger partial charge in [-0.3, -0.25) is 4.79 Å². The number of amides is 1. The van der Waals surface area contributed by atoms with E-state index >= 15 is 0 Å². The lowest BCUT2D eigenvalue weighted by Crippen LogP contribution is -2.49. The molecule has 0 aromatic carbocycles. The first-order chi connectivity index (χ1) is 30.1. The highest BCUT2D eigenvalue weighted by atomic mass is 35.5. The Balaban J connectivity index is 0.000000145. The molecule has 0 spiro atoms. The molecular formula is C46H56ClN5O8S3. The predicted octanol–water partition coefficient (Wildman–Crippen LogP) is 12.5. The number of hydrogen-bond acceptors (Lipinski definition) is 14. The number of hydrogen-bond donors (Lipinski definition) is 2. The Hall–Kier alpha value is -4.77. The lowest BCUT2D eigenvalue weighted by Gasteiger charge is -2.44. The number of oxazole rings is 3. The summed E-state index contributed by atoms with van der Waals surface area (Å²) in [6.45, 7) is 4.41. The molecule has 338 valence electrons. The lowest BCUT2D eigenvalue weighted by atomic mass is 9.71. The smallest absolute Gasteiger partial charge is 0.338 e. The zero-order valence-corrected chi connectivity index (χ0v) is 39.2. The van der Waals surface area contributed by atoms with Crippen LogP contribution in [0.2, 0.25) is 0 Å². The second-order valence-corrected chi connectivity index (χ2v) is 19.0. The molecule has 63 heavy (non-hydrogen) atoms. The molecule has 3 saturated carbocycles. The summed E-state index contributed by atoms with van der Waals surface area (Å²) in [5.41, 5.74) is 7.09. The molecule has 1 aliphatic heterocycles. The molecule has 3 aliphatic carbocycles. The highest BCUT2D eigenvalue weighted by molar-refractivity contribution is 7.14. The number of aromatic nitrogens is 3. The third kappa shape index (κ3) is 12.5. The normalized spacial score (nSPS) is 20.1. The summed E-state index contributed by atoms with van der Waals surface area (Å²) in [6, 6.07) is 5.81. The number of fused-ring (bicyclic) bond motifs is 2.